The summed E-state index contributed by atoms with van der Waals surface area (Å²) in [5.41, 5.74) is 6.41. The highest BCUT2D eigenvalue weighted by Gasteiger charge is 2.24. The normalized spacial score (nSPS) is 11.5. The summed E-state index contributed by atoms with van der Waals surface area (Å²) in [5, 5.41) is 0.650. The van der Waals surface area contributed by atoms with Crippen LogP contribution < -0.4 is 20.8 Å². The zero-order valence-corrected chi connectivity index (χ0v) is 21.0. The van der Waals surface area contributed by atoms with Crippen LogP contribution in [0.4, 0.5) is 0 Å². The number of carbonyl (C=O) groups excluding carboxylic acids is 1. The standard InChI is InChI=1S/C25H24ClN3O5S/c1-25(2,34-22(30)12-27)13-33-19-9-8-17(10-20(19)32-3)29-14-28-18-11-21(35-23(18)24(29)31)15-4-6-16(26)7-5-15/h4-11,14H,12-13,27H2,1-3H3. The Kier molecular flexibility index (Phi) is 7.11. The summed E-state index contributed by atoms with van der Waals surface area (Å²) >= 11 is 7.37. The molecule has 0 aliphatic rings. The maximum Gasteiger partial charge on any atom is 0.320 e. The lowest BCUT2D eigenvalue weighted by Gasteiger charge is -2.25. The lowest BCUT2D eigenvalue weighted by molar-refractivity contribution is -0.157. The van der Waals surface area contributed by atoms with Gasteiger partial charge in [0, 0.05) is 16.0 Å². The van der Waals surface area contributed by atoms with Crippen LogP contribution in [0.25, 0.3) is 26.3 Å². The molecule has 0 atom stereocenters. The van der Waals surface area contributed by atoms with Gasteiger partial charge in [0.1, 0.15) is 23.2 Å². The highest BCUT2D eigenvalue weighted by Crippen LogP contribution is 2.33. The molecular formula is C25H24ClN3O5S. The Labute approximate surface area is 210 Å². The molecule has 4 rings (SSSR count). The van der Waals surface area contributed by atoms with Crippen LogP contribution in [0, 0.1) is 0 Å². The first kappa shape index (κ1) is 24.7. The number of nitrogens with two attached hydrogens (primary N) is 1. The van der Waals surface area contributed by atoms with E-state index < -0.39 is 11.6 Å². The van der Waals surface area contributed by atoms with Crippen LogP contribution in [0.5, 0.6) is 11.5 Å². The molecule has 0 spiro atoms. The third-order valence-electron chi connectivity index (χ3n) is 5.12. The van der Waals surface area contributed by atoms with Gasteiger partial charge >= 0.3 is 5.97 Å². The predicted molar refractivity (Wildman–Crippen MR) is 137 cm³/mol. The number of nitrogens with zero attached hydrogens (tertiary/aromatic N) is 2. The Morgan fingerprint density at radius 2 is 1.89 bits per heavy atom. The number of thiophene rings is 1. The molecule has 4 aromatic rings. The molecule has 35 heavy (non-hydrogen) atoms. The number of hydrogen-bond acceptors (Lipinski definition) is 8. The van der Waals surface area contributed by atoms with Crippen LogP contribution in [-0.2, 0) is 9.53 Å². The molecule has 0 bridgehead atoms. The number of ether oxygens (including phenoxy) is 3. The van der Waals surface area contributed by atoms with Gasteiger partial charge in [-0.3, -0.25) is 14.2 Å². The Morgan fingerprint density at radius 1 is 1.14 bits per heavy atom. The Morgan fingerprint density at radius 3 is 2.57 bits per heavy atom. The Bertz CT molecular complexity index is 1430. The second-order valence-electron chi connectivity index (χ2n) is 8.31. The van der Waals surface area contributed by atoms with Gasteiger partial charge < -0.3 is 19.9 Å². The Balaban J connectivity index is 1.62. The van der Waals surface area contributed by atoms with Crippen molar-refractivity contribution in [3.05, 3.63) is 70.2 Å². The van der Waals surface area contributed by atoms with E-state index in [1.54, 1.807) is 32.0 Å². The number of esters is 1. The zero-order chi connectivity index (χ0) is 25.2. The fraction of sp³-hybridized carbons (Fsp3) is 0.240. The van der Waals surface area contributed by atoms with E-state index in [4.69, 9.17) is 31.5 Å². The lowest BCUT2D eigenvalue weighted by Crippen LogP contribution is -2.37. The number of rotatable bonds is 8. The first-order valence-corrected chi connectivity index (χ1v) is 11.9. The molecule has 2 N–H and O–H groups in total. The third-order valence-corrected chi connectivity index (χ3v) is 6.54. The van der Waals surface area contributed by atoms with Gasteiger partial charge in [0.25, 0.3) is 5.56 Å². The van der Waals surface area contributed by atoms with Crippen molar-refractivity contribution in [2.75, 3.05) is 20.3 Å². The van der Waals surface area contributed by atoms with Gasteiger partial charge in [-0.05, 0) is 49.7 Å². The quantitative estimate of drug-likeness (QED) is 0.347. The van der Waals surface area contributed by atoms with E-state index in [2.05, 4.69) is 4.98 Å². The fourth-order valence-corrected chi connectivity index (χ4v) is 4.58. The minimum absolute atomic E-state index is 0.0879. The molecule has 8 nitrogen and oxygen atoms in total. The first-order valence-electron chi connectivity index (χ1n) is 10.7. The number of aromatic nitrogens is 2. The van der Waals surface area contributed by atoms with Crippen LogP contribution in [0.1, 0.15) is 13.8 Å². The van der Waals surface area contributed by atoms with Crippen molar-refractivity contribution in [1.82, 2.24) is 9.55 Å². The highest BCUT2D eigenvalue weighted by molar-refractivity contribution is 7.22. The van der Waals surface area contributed by atoms with Gasteiger partial charge in [0.2, 0.25) is 0 Å². The molecule has 2 aromatic carbocycles. The molecule has 182 valence electrons. The van der Waals surface area contributed by atoms with Crippen molar-refractivity contribution in [2.45, 2.75) is 19.4 Å². The summed E-state index contributed by atoms with van der Waals surface area (Å²) in [5.74, 6) is 0.343. The largest absolute Gasteiger partial charge is 0.493 e. The first-order chi connectivity index (χ1) is 16.7. The van der Waals surface area contributed by atoms with E-state index in [1.165, 1.54) is 29.3 Å². The highest BCUT2D eigenvalue weighted by atomic mass is 35.5. The molecule has 0 saturated heterocycles. The average molecular weight is 514 g/mol. The maximum atomic E-state index is 13.3. The average Bonchev–Trinajstić information content (AvgIpc) is 3.28. The molecule has 0 amide bonds. The van der Waals surface area contributed by atoms with Gasteiger partial charge in [-0.15, -0.1) is 11.3 Å². The number of benzene rings is 2. The number of fused-ring (bicyclic) bond motifs is 1. The fourth-order valence-electron chi connectivity index (χ4n) is 3.41. The van der Waals surface area contributed by atoms with Gasteiger partial charge in [-0.1, -0.05) is 23.7 Å². The minimum atomic E-state index is -0.882. The minimum Gasteiger partial charge on any atom is -0.493 e. The van der Waals surface area contributed by atoms with Crippen molar-refractivity contribution < 1.29 is 19.0 Å². The van der Waals surface area contributed by atoms with Crippen LogP contribution in [0.2, 0.25) is 5.02 Å². The summed E-state index contributed by atoms with van der Waals surface area (Å²) in [6.07, 6.45) is 1.49. The molecule has 0 fully saturated rings. The zero-order valence-electron chi connectivity index (χ0n) is 19.4. The van der Waals surface area contributed by atoms with E-state index in [9.17, 15) is 9.59 Å². The van der Waals surface area contributed by atoms with Crippen molar-refractivity contribution in [3.8, 4) is 27.6 Å². The monoisotopic (exact) mass is 513 g/mol. The summed E-state index contributed by atoms with van der Waals surface area (Å²) < 4.78 is 18.6. The molecule has 2 aromatic heterocycles. The van der Waals surface area contributed by atoms with Crippen molar-refractivity contribution in [3.63, 3.8) is 0 Å². The molecule has 0 unspecified atom stereocenters. The third kappa shape index (κ3) is 5.48. The number of halogens is 1. The molecule has 0 aliphatic carbocycles. The van der Waals surface area contributed by atoms with Crippen LogP contribution in [0.15, 0.2) is 59.7 Å². The molecule has 0 radical (unpaired) electrons. The predicted octanol–water partition coefficient (Wildman–Crippen LogP) is 4.44. The number of methoxy groups -OCH3 is 1. The maximum absolute atomic E-state index is 13.3. The second kappa shape index (κ2) is 10.1. The molecule has 2 heterocycles. The summed E-state index contributed by atoms with van der Waals surface area (Å²) in [7, 11) is 1.51. The lowest BCUT2D eigenvalue weighted by atomic mass is 10.1. The van der Waals surface area contributed by atoms with Gasteiger partial charge in [0.05, 0.1) is 24.9 Å². The van der Waals surface area contributed by atoms with Crippen molar-refractivity contribution >= 4 is 39.1 Å². The summed E-state index contributed by atoms with van der Waals surface area (Å²) in [6.45, 7) is 3.33. The number of carbonyl (C=O) groups is 1. The van der Waals surface area contributed by atoms with Gasteiger partial charge in [-0.2, -0.15) is 0 Å². The Hall–Kier alpha value is -3.40. The SMILES string of the molecule is COc1cc(-n2cnc3cc(-c4ccc(Cl)cc4)sc3c2=O)ccc1OCC(C)(C)OC(=O)CN. The van der Waals surface area contributed by atoms with Crippen LogP contribution in [-0.4, -0.2) is 41.4 Å². The van der Waals surface area contributed by atoms with Crippen LogP contribution >= 0.6 is 22.9 Å². The van der Waals surface area contributed by atoms with E-state index in [-0.39, 0.29) is 18.7 Å². The van der Waals surface area contributed by atoms with E-state index in [0.29, 0.717) is 32.4 Å². The van der Waals surface area contributed by atoms with E-state index in [1.807, 2.05) is 30.3 Å². The molecule has 0 saturated carbocycles. The van der Waals surface area contributed by atoms with Crippen molar-refractivity contribution in [2.24, 2.45) is 5.73 Å². The van der Waals surface area contributed by atoms with Gasteiger partial charge in [-0.25, -0.2) is 4.98 Å². The molecule has 0 aliphatic heterocycles. The van der Waals surface area contributed by atoms with Gasteiger partial charge in [0.15, 0.2) is 11.5 Å². The second-order valence-corrected chi connectivity index (χ2v) is 9.80. The van der Waals surface area contributed by atoms with Crippen molar-refractivity contribution in [1.29, 1.82) is 0 Å². The smallest absolute Gasteiger partial charge is 0.320 e. The summed E-state index contributed by atoms with van der Waals surface area (Å²) in [6, 6.07) is 14.5. The molecular weight excluding hydrogens is 490 g/mol. The molecule has 10 heteroatoms. The van der Waals surface area contributed by atoms with E-state index in [0.717, 1.165) is 10.4 Å². The summed E-state index contributed by atoms with van der Waals surface area (Å²) in [4.78, 5) is 30.2. The topological polar surface area (TPSA) is 106 Å². The number of hydrogen-bond donors (Lipinski definition) is 1. The van der Waals surface area contributed by atoms with E-state index >= 15 is 0 Å². The van der Waals surface area contributed by atoms with Crippen LogP contribution in [0.3, 0.4) is 0 Å².